The van der Waals surface area contributed by atoms with Gasteiger partial charge in [-0.1, -0.05) is 23.2 Å². The van der Waals surface area contributed by atoms with Gasteiger partial charge in [-0.15, -0.1) is 0 Å². The molecule has 2 aliphatic rings. The number of ether oxygens (including phenoxy) is 2. The third-order valence-electron chi connectivity index (χ3n) is 5.70. The standard InChI is InChI=1S/C21H24Cl2N4O7/c1-12(25-6-17(28)24-18(29)7-25)13(2)26-8-19(30)27(20(31)9-26)11-34-21(32)10-33-16-4-3-14(22)5-15(16)23/h3-5,12-13H,6-11H2,1-2H3,(H,24,28,29). The van der Waals surface area contributed by atoms with E-state index < -0.39 is 42.9 Å². The van der Waals surface area contributed by atoms with Crippen LogP contribution in [-0.2, 0) is 28.7 Å². The maximum Gasteiger partial charge on any atom is 0.345 e. The molecule has 0 aromatic heterocycles. The highest BCUT2D eigenvalue weighted by Crippen LogP contribution is 2.27. The Hall–Kier alpha value is -2.73. The van der Waals surface area contributed by atoms with Crippen LogP contribution in [0.5, 0.6) is 5.75 Å². The molecule has 1 N–H and O–H groups in total. The van der Waals surface area contributed by atoms with Crippen LogP contribution in [0.4, 0.5) is 0 Å². The zero-order valence-electron chi connectivity index (χ0n) is 18.6. The Kier molecular flexibility index (Phi) is 8.47. The molecule has 2 aliphatic heterocycles. The molecule has 0 aliphatic carbocycles. The number of esters is 1. The van der Waals surface area contributed by atoms with Crippen molar-refractivity contribution < 1.29 is 33.4 Å². The summed E-state index contributed by atoms with van der Waals surface area (Å²) in [6.07, 6.45) is 0. The van der Waals surface area contributed by atoms with Crippen molar-refractivity contribution in [2.75, 3.05) is 39.5 Å². The van der Waals surface area contributed by atoms with Crippen molar-refractivity contribution in [2.24, 2.45) is 0 Å². The van der Waals surface area contributed by atoms with Crippen LogP contribution in [0.1, 0.15) is 13.8 Å². The molecule has 2 heterocycles. The number of piperazine rings is 2. The van der Waals surface area contributed by atoms with Crippen LogP contribution >= 0.6 is 23.2 Å². The molecule has 0 spiro atoms. The second kappa shape index (κ2) is 11.1. The Morgan fingerprint density at radius 3 is 2.09 bits per heavy atom. The second-order valence-corrected chi connectivity index (χ2v) is 8.83. The molecule has 0 radical (unpaired) electrons. The maximum absolute atomic E-state index is 12.6. The molecule has 13 heteroatoms. The van der Waals surface area contributed by atoms with E-state index in [0.717, 1.165) is 4.90 Å². The van der Waals surface area contributed by atoms with Crippen molar-refractivity contribution in [3.8, 4) is 5.75 Å². The number of nitrogens with one attached hydrogen (secondary N) is 1. The van der Waals surface area contributed by atoms with Crippen molar-refractivity contribution in [1.29, 1.82) is 0 Å². The second-order valence-electron chi connectivity index (χ2n) is 7.99. The van der Waals surface area contributed by atoms with Gasteiger partial charge in [0.1, 0.15) is 5.75 Å². The fourth-order valence-electron chi connectivity index (χ4n) is 3.61. The lowest BCUT2D eigenvalue weighted by Gasteiger charge is -2.41. The number of carbonyl (C=O) groups excluding carboxylic acids is 5. The first kappa shape index (κ1) is 25.9. The van der Waals surface area contributed by atoms with Crippen molar-refractivity contribution in [1.82, 2.24) is 20.0 Å². The zero-order chi connectivity index (χ0) is 25.0. The summed E-state index contributed by atoms with van der Waals surface area (Å²) < 4.78 is 10.3. The molecular formula is C21H24Cl2N4O7. The highest BCUT2D eigenvalue weighted by atomic mass is 35.5. The van der Waals surface area contributed by atoms with Gasteiger partial charge in [0.25, 0.3) is 0 Å². The van der Waals surface area contributed by atoms with E-state index in [2.05, 4.69) is 5.32 Å². The molecule has 11 nitrogen and oxygen atoms in total. The van der Waals surface area contributed by atoms with Gasteiger partial charge in [0.15, 0.2) is 13.3 Å². The van der Waals surface area contributed by atoms with Crippen molar-refractivity contribution in [2.45, 2.75) is 25.9 Å². The summed E-state index contributed by atoms with van der Waals surface area (Å²) in [5.41, 5.74) is 0. The third kappa shape index (κ3) is 6.44. The molecule has 4 amide bonds. The average Bonchev–Trinajstić information content (AvgIpc) is 2.76. The molecular weight excluding hydrogens is 491 g/mol. The lowest BCUT2D eigenvalue weighted by molar-refractivity contribution is -0.166. The van der Waals surface area contributed by atoms with Gasteiger partial charge in [-0.3, -0.25) is 34.3 Å². The van der Waals surface area contributed by atoms with Gasteiger partial charge in [-0.05, 0) is 32.0 Å². The predicted octanol–water partition coefficient (Wildman–Crippen LogP) is 0.279. The van der Waals surface area contributed by atoms with Gasteiger partial charge in [0, 0.05) is 17.1 Å². The van der Waals surface area contributed by atoms with E-state index in [4.69, 9.17) is 32.7 Å². The molecule has 3 rings (SSSR count). The number of rotatable bonds is 8. The van der Waals surface area contributed by atoms with E-state index >= 15 is 0 Å². The number of amides is 4. The van der Waals surface area contributed by atoms with Crippen LogP contribution in [0, 0.1) is 0 Å². The molecule has 0 bridgehead atoms. The molecule has 184 valence electrons. The Bertz CT molecular complexity index is 971. The molecule has 1 aromatic rings. The average molecular weight is 515 g/mol. The topological polar surface area (TPSA) is 126 Å². The van der Waals surface area contributed by atoms with Gasteiger partial charge in [0.05, 0.1) is 31.2 Å². The van der Waals surface area contributed by atoms with E-state index in [1.165, 1.54) is 12.1 Å². The van der Waals surface area contributed by atoms with Crippen LogP contribution in [0.3, 0.4) is 0 Å². The minimum Gasteiger partial charge on any atom is -0.480 e. The van der Waals surface area contributed by atoms with Gasteiger partial charge in [-0.25, -0.2) is 9.69 Å². The fourth-order valence-corrected chi connectivity index (χ4v) is 4.07. The van der Waals surface area contributed by atoms with E-state index in [-0.39, 0.29) is 49.0 Å². The van der Waals surface area contributed by atoms with Crippen molar-refractivity contribution >= 4 is 52.8 Å². The molecule has 0 saturated carbocycles. The number of nitrogens with zero attached hydrogens (tertiary/aromatic N) is 3. The highest BCUT2D eigenvalue weighted by molar-refractivity contribution is 6.35. The van der Waals surface area contributed by atoms with Crippen LogP contribution < -0.4 is 10.1 Å². The Morgan fingerprint density at radius 2 is 1.53 bits per heavy atom. The van der Waals surface area contributed by atoms with Crippen molar-refractivity contribution in [3.63, 3.8) is 0 Å². The van der Waals surface area contributed by atoms with Gasteiger partial charge >= 0.3 is 5.97 Å². The van der Waals surface area contributed by atoms with Gasteiger partial charge in [-0.2, -0.15) is 0 Å². The number of hydrogen-bond donors (Lipinski definition) is 1. The lowest BCUT2D eigenvalue weighted by atomic mass is 10.1. The first-order valence-corrected chi connectivity index (χ1v) is 11.2. The summed E-state index contributed by atoms with van der Waals surface area (Å²) >= 11 is 11.8. The molecule has 2 unspecified atom stereocenters. The minimum atomic E-state index is -0.788. The minimum absolute atomic E-state index is 0.0539. The zero-order valence-corrected chi connectivity index (χ0v) is 20.1. The first-order chi connectivity index (χ1) is 16.0. The number of imide groups is 2. The number of benzene rings is 1. The molecule has 34 heavy (non-hydrogen) atoms. The van der Waals surface area contributed by atoms with Crippen LogP contribution in [-0.4, -0.2) is 95.9 Å². The number of hydrogen-bond acceptors (Lipinski definition) is 9. The summed E-state index contributed by atoms with van der Waals surface area (Å²) in [5, 5.41) is 2.87. The molecule has 2 saturated heterocycles. The van der Waals surface area contributed by atoms with E-state index in [9.17, 15) is 24.0 Å². The van der Waals surface area contributed by atoms with Gasteiger partial charge in [0.2, 0.25) is 23.6 Å². The Morgan fingerprint density at radius 1 is 0.971 bits per heavy atom. The first-order valence-electron chi connectivity index (χ1n) is 10.4. The summed E-state index contributed by atoms with van der Waals surface area (Å²) in [5.74, 6) is -2.40. The third-order valence-corrected chi connectivity index (χ3v) is 6.23. The smallest absolute Gasteiger partial charge is 0.345 e. The van der Waals surface area contributed by atoms with Crippen molar-refractivity contribution in [3.05, 3.63) is 28.2 Å². The van der Waals surface area contributed by atoms with Crippen LogP contribution in [0.2, 0.25) is 10.0 Å². The van der Waals surface area contributed by atoms with E-state index in [1.807, 2.05) is 13.8 Å². The maximum atomic E-state index is 12.6. The Balaban J connectivity index is 1.49. The molecule has 2 atom stereocenters. The number of halogens is 2. The lowest BCUT2D eigenvalue weighted by Crippen LogP contribution is -2.62. The van der Waals surface area contributed by atoms with Crippen LogP contribution in [0.15, 0.2) is 18.2 Å². The summed E-state index contributed by atoms with van der Waals surface area (Å²) in [6, 6.07) is 3.94. The predicted molar refractivity (Wildman–Crippen MR) is 120 cm³/mol. The molecule has 2 fully saturated rings. The Labute approximate surface area is 205 Å². The quantitative estimate of drug-likeness (QED) is 0.384. The normalized spacial score (nSPS) is 19.6. The fraction of sp³-hybridized carbons (Fsp3) is 0.476. The summed E-state index contributed by atoms with van der Waals surface area (Å²) in [4.78, 5) is 64.7. The SMILES string of the molecule is CC(C(C)N1CC(=O)N(COC(=O)COc2ccc(Cl)cc2Cl)C(=O)C1)N1CC(=O)NC(=O)C1. The van der Waals surface area contributed by atoms with E-state index in [1.54, 1.807) is 15.9 Å². The summed E-state index contributed by atoms with van der Waals surface area (Å²) in [6.45, 7) is 2.58. The van der Waals surface area contributed by atoms with Crippen LogP contribution in [0.25, 0.3) is 0 Å². The largest absolute Gasteiger partial charge is 0.480 e. The highest BCUT2D eigenvalue weighted by Gasteiger charge is 2.38. The van der Waals surface area contributed by atoms with Gasteiger partial charge < -0.3 is 9.47 Å². The molecule has 1 aromatic carbocycles. The number of carbonyl (C=O) groups is 5. The summed E-state index contributed by atoms with van der Waals surface area (Å²) in [7, 11) is 0. The monoisotopic (exact) mass is 514 g/mol. The van der Waals surface area contributed by atoms with E-state index in [0.29, 0.717) is 5.02 Å².